The Bertz CT molecular complexity index is 6.35. The lowest BCUT2D eigenvalue weighted by atomic mass is 10.6. The summed E-state index contributed by atoms with van der Waals surface area (Å²) in [5.74, 6) is 0. The van der Waals surface area contributed by atoms with Crippen molar-refractivity contribution in [3.05, 3.63) is 0 Å². The fraction of sp³-hybridized carbons (Fsp3) is 1.00. The van der Waals surface area contributed by atoms with E-state index in [9.17, 15) is 0 Å². The van der Waals surface area contributed by atoms with Gasteiger partial charge < -0.3 is 0 Å². The first kappa shape index (κ1) is 23.6. The summed E-state index contributed by atoms with van der Waals surface area (Å²) in [6, 6.07) is 0. The third kappa shape index (κ3) is 845. The Balaban J connectivity index is -0.0000000160. The van der Waals surface area contributed by atoms with Gasteiger partial charge in [-0.3, -0.25) is 0 Å². The maximum absolute atomic E-state index is 3.15. The van der Waals surface area contributed by atoms with Crippen LogP contribution in [0.1, 0.15) is 42.0 Å². The highest BCUT2D eigenvalue weighted by atomic mass is 79.9. The fourth-order valence-corrected chi connectivity index (χ4v) is 0. The quantitative estimate of drug-likeness (QED) is 0.498. The van der Waals surface area contributed by atoms with Crippen LogP contribution in [-0.2, 0) is 0 Å². The van der Waals surface area contributed by atoms with Crippen LogP contribution >= 0.6 is 15.9 Å². The zero-order valence-electron chi connectivity index (χ0n) is 4.79. The van der Waals surface area contributed by atoms with Crippen molar-refractivity contribution < 1.29 is 0 Å². The highest BCUT2D eigenvalue weighted by Crippen LogP contribution is 1.67. The van der Waals surface area contributed by atoms with Crippen molar-refractivity contribution in [1.82, 2.24) is 0 Å². The molecule has 0 fully saturated rings. The van der Waals surface area contributed by atoms with Crippen LogP contribution in [0.25, 0.3) is 0 Å². The molecule has 8 heavy (non-hydrogen) atoms. The summed E-state index contributed by atoms with van der Waals surface area (Å²) in [6.07, 6.45) is 1.25. The first-order chi connectivity index (χ1) is 2.83. The smallest absolute Gasteiger partial charge is 0.000281 e. The molecule has 0 aromatic heterocycles. The highest BCUT2D eigenvalue weighted by molar-refractivity contribution is 9.09. The largest absolute Gasteiger partial charge is 0.0931 e. The molecule has 0 heterocycles. The lowest BCUT2D eigenvalue weighted by Gasteiger charge is -1.48. The Morgan fingerprint density at radius 2 is 1.00 bits per heavy atom. The summed E-state index contributed by atoms with van der Waals surface area (Å²) in [5, 5.41) is 1.06. The van der Waals surface area contributed by atoms with Crippen LogP contribution in [0, 0.1) is 0 Å². The second kappa shape index (κ2) is 51.1. The molecule has 0 aromatic carbocycles. The molecule has 0 aromatic rings. The van der Waals surface area contributed by atoms with Crippen LogP contribution in [-0.4, -0.2) is 5.33 Å². The van der Waals surface area contributed by atoms with E-state index in [0.717, 1.165) is 5.33 Å². The van der Waals surface area contributed by atoms with Crippen LogP contribution in [0.5, 0.6) is 0 Å². The van der Waals surface area contributed by atoms with Crippen molar-refractivity contribution in [3.63, 3.8) is 0 Å². The Labute approximate surface area is 63.8 Å². The molecule has 0 bridgehead atoms. The van der Waals surface area contributed by atoms with Crippen LogP contribution in [0.4, 0.5) is 0 Å². The van der Waals surface area contributed by atoms with Crippen molar-refractivity contribution in [2.45, 2.75) is 42.0 Å². The molecule has 0 N–H and O–H groups in total. The van der Waals surface area contributed by atoms with Gasteiger partial charge in [0.25, 0.3) is 0 Å². The Kier molecular flexibility index (Phi) is 151. The Morgan fingerprint density at radius 3 is 1.00 bits per heavy atom. The number of hydrogen-bond acceptors (Lipinski definition) is 0. The third-order valence-electron chi connectivity index (χ3n) is 0. The summed E-state index contributed by atoms with van der Waals surface area (Å²) in [5.41, 5.74) is 0. The van der Waals surface area contributed by atoms with Crippen LogP contribution < -0.4 is 0 Å². The predicted octanol–water partition coefficient (Wildman–Crippen LogP) is 4.09. The second-order valence-corrected chi connectivity index (χ2v) is 2.10. The van der Waals surface area contributed by atoms with Crippen molar-refractivity contribution in [3.8, 4) is 0 Å². The average Bonchev–Trinajstić information content (AvgIpc) is 1.39. The van der Waals surface area contributed by atoms with E-state index in [1.54, 1.807) is 0 Å². The molecule has 0 radical (unpaired) electrons. The first-order valence-corrected chi connectivity index (χ1v) is 3.51. The van der Waals surface area contributed by atoms with Gasteiger partial charge in [-0.15, -0.1) is 0 Å². The molecule has 0 atom stereocenters. The van der Waals surface area contributed by atoms with Crippen LogP contribution in [0.3, 0.4) is 0 Å². The van der Waals surface area contributed by atoms with Crippen molar-refractivity contribution in [1.29, 1.82) is 0 Å². The lowest BCUT2D eigenvalue weighted by molar-refractivity contribution is 1.09. The maximum atomic E-state index is 3.15. The average molecular weight is 185 g/mol. The van der Waals surface area contributed by atoms with E-state index in [0.29, 0.717) is 0 Å². The van der Waals surface area contributed by atoms with Gasteiger partial charge in [-0.1, -0.05) is 58.0 Å². The zero-order valence-corrected chi connectivity index (χ0v) is 6.38. The molecule has 56 valence electrons. The van der Waals surface area contributed by atoms with Crippen LogP contribution in [0.15, 0.2) is 0 Å². The van der Waals surface area contributed by atoms with Gasteiger partial charge in [0.1, 0.15) is 0 Å². The van der Waals surface area contributed by atoms with Crippen LogP contribution in [0.2, 0.25) is 0 Å². The third-order valence-corrected chi connectivity index (χ3v) is 0. The number of hydrogen-bond donors (Lipinski definition) is 0. The molecule has 0 aliphatic heterocycles. The van der Waals surface area contributed by atoms with Gasteiger partial charge >= 0.3 is 0 Å². The second-order valence-electron chi connectivity index (χ2n) is 0.974. The summed E-state index contributed by atoms with van der Waals surface area (Å²) in [6.45, 7) is 6.29. The van der Waals surface area contributed by atoms with Crippen molar-refractivity contribution in [2.24, 2.45) is 0 Å². The van der Waals surface area contributed by atoms with E-state index in [-0.39, 0.29) is 14.9 Å². The molecular formula is C7H21Br. The summed E-state index contributed by atoms with van der Waals surface area (Å²) < 4.78 is 0. The zero-order chi connectivity index (χ0) is 5.41. The predicted molar refractivity (Wildman–Crippen MR) is 48.9 cm³/mol. The molecule has 0 amide bonds. The SMILES string of the molecule is C.C.CCBr.CCC. The molecule has 0 unspecified atom stereocenters. The van der Waals surface area contributed by atoms with E-state index in [1.165, 1.54) is 6.42 Å². The molecule has 0 saturated carbocycles. The van der Waals surface area contributed by atoms with Gasteiger partial charge in [0.2, 0.25) is 0 Å². The topological polar surface area (TPSA) is 0 Å². The number of halogens is 1. The lowest BCUT2D eigenvalue weighted by Crippen LogP contribution is -1.34. The summed E-state index contributed by atoms with van der Waals surface area (Å²) in [7, 11) is 0. The normalized spacial score (nSPS) is 4.50. The molecule has 0 spiro atoms. The minimum atomic E-state index is 0. The molecule has 0 saturated heterocycles. The number of rotatable bonds is 0. The Morgan fingerprint density at radius 1 is 1.00 bits per heavy atom. The summed E-state index contributed by atoms with van der Waals surface area (Å²) in [4.78, 5) is 0. The van der Waals surface area contributed by atoms with Gasteiger partial charge in [0.15, 0.2) is 0 Å². The minimum absolute atomic E-state index is 0. The fourth-order valence-electron chi connectivity index (χ4n) is 0. The van der Waals surface area contributed by atoms with E-state index in [4.69, 9.17) is 0 Å². The Hall–Kier alpha value is 0.480. The van der Waals surface area contributed by atoms with Crippen molar-refractivity contribution >= 4 is 15.9 Å². The van der Waals surface area contributed by atoms with Gasteiger partial charge in [-0.25, -0.2) is 0 Å². The molecule has 0 aliphatic carbocycles. The molecule has 0 rings (SSSR count). The first-order valence-electron chi connectivity index (χ1n) is 2.39. The summed E-state index contributed by atoms with van der Waals surface area (Å²) >= 11 is 3.15. The van der Waals surface area contributed by atoms with Gasteiger partial charge in [-0.05, 0) is 0 Å². The van der Waals surface area contributed by atoms with Gasteiger partial charge in [0.05, 0.1) is 0 Å². The molecule has 0 aliphatic rings. The monoisotopic (exact) mass is 184 g/mol. The minimum Gasteiger partial charge on any atom is -0.0931 e. The van der Waals surface area contributed by atoms with E-state index in [2.05, 4.69) is 29.8 Å². The van der Waals surface area contributed by atoms with E-state index < -0.39 is 0 Å². The molecular weight excluding hydrogens is 164 g/mol. The van der Waals surface area contributed by atoms with Gasteiger partial charge in [-0.2, -0.15) is 0 Å². The molecule has 1 heteroatoms. The highest BCUT2D eigenvalue weighted by Gasteiger charge is 1.38. The van der Waals surface area contributed by atoms with E-state index in [1.807, 2.05) is 6.92 Å². The molecule has 0 nitrogen and oxygen atoms in total. The number of alkyl halides is 1. The van der Waals surface area contributed by atoms with E-state index >= 15 is 0 Å². The standard InChI is InChI=1S/C3H8.C2H5Br.2CH4/c1-3-2;1-2-3;;/h3H2,1-2H3;2H2,1H3;2*1H4. The van der Waals surface area contributed by atoms with Crippen molar-refractivity contribution in [2.75, 3.05) is 5.33 Å². The maximum Gasteiger partial charge on any atom is 0.000281 e. The van der Waals surface area contributed by atoms with Gasteiger partial charge in [0, 0.05) is 5.33 Å².